The third kappa shape index (κ3) is 2.85. The molecule has 0 atom stereocenters. The van der Waals surface area contributed by atoms with Gasteiger partial charge in [0.1, 0.15) is 0 Å². The molecule has 7 rings (SSSR count). The lowest BCUT2D eigenvalue weighted by Gasteiger charge is -2.11. The van der Waals surface area contributed by atoms with Crippen molar-refractivity contribution in [3.8, 4) is 22.6 Å². The van der Waals surface area contributed by atoms with Gasteiger partial charge >= 0.3 is 0 Å². The minimum atomic E-state index is 0.742. The summed E-state index contributed by atoms with van der Waals surface area (Å²) < 4.78 is 2.35. The van der Waals surface area contributed by atoms with Crippen molar-refractivity contribution in [1.29, 1.82) is 0 Å². The SMILES string of the molecule is c1ccc(-c2nc(-c3cc4cccnc4c4ccccc34)nc3c2sc2ccccc23)cc1. The van der Waals surface area contributed by atoms with E-state index in [1.807, 2.05) is 18.3 Å². The van der Waals surface area contributed by atoms with Crippen LogP contribution in [0.4, 0.5) is 0 Å². The van der Waals surface area contributed by atoms with Crippen LogP contribution in [0.15, 0.2) is 103 Å². The Balaban J connectivity index is 1.63. The zero-order valence-electron chi connectivity index (χ0n) is 17.6. The van der Waals surface area contributed by atoms with Crippen molar-refractivity contribution in [2.24, 2.45) is 0 Å². The second kappa shape index (κ2) is 7.19. The maximum Gasteiger partial charge on any atom is 0.161 e. The quantitative estimate of drug-likeness (QED) is 0.257. The number of hydrogen-bond donors (Lipinski definition) is 0. The molecule has 0 aliphatic heterocycles. The molecule has 0 aliphatic carbocycles. The number of nitrogens with zero attached hydrogens (tertiary/aromatic N) is 3. The van der Waals surface area contributed by atoms with E-state index in [1.54, 1.807) is 11.3 Å². The number of benzene rings is 4. The summed E-state index contributed by atoms with van der Waals surface area (Å²) in [6.45, 7) is 0. The molecule has 3 nitrogen and oxygen atoms in total. The van der Waals surface area contributed by atoms with E-state index >= 15 is 0 Å². The first-order valence-corrected chi connectivity index (χ1v) is 11.7. The number of pyridine rings is 1. The molecule has 0 bridgehead atoms. The Morgan fingerprint density at radius 1 is 0.606 bits per heavy atom. The Bertz CT molecular complexity index is 1820. The van der Waals surface area contributed by atoms with E-state index in [-0.39, 0.29) is 0 Å². The van der Waals surface area contributed by atoms with Crippen molar-refractivity contribution < 1.29 is 0 Å². The summed E-state index contributed by atoms with van der Waals surface area (Å²) in [6.07, 6.45) is 1.85. The predicted molar refractivity (Wildman–Crippen MR) is 139 cm³/mol. The van der Waals surface area contributed by atoms with E-state index < -0.39 is 0 Å². The monoisotopic (exact) mass is 439 g/mol. The molecule has 7 aromatic rings. The third-order valence-corrected chi connectivity index (χ3v) is 7.29. The lowest BCUT2D eigenvalue weighted by molar-refractivity contribution is 1.25. The number of rotatable bonds is 2. The van der Waals surface area contributed by atoms with Gasteiger partial charge in [-0.2, -0.15) is 0 Å². The van der Waals surface area contributed by atoms with Gasteiger partial charge in [0.2, 0.25) is 0 Å². The minimum absolute atomic E-state index is 0.742. The summed E-state index contributed by atoms with van der Waals surface area (Å²) in [4.78, 5) is 15.0. The van der Waals surface area contributed by atoms with Crippen LogP contribution in [0.3, 0.4) is 0 Å². The first kappa shape index (κ1) is 18.4. The van der Waals surface area contributed by atoms with Crippen molar-refractivity contribution in [2.45, 2.75) is 0 Å². The average molecular weight is 440 g/mol. The summed E-state index contributed by atoms with van der Waals surface area (Å²) in [5.74, 6) is 0.742. The van der Waals surface area contributed by atoms with Gasteiger partial charge in [-0.05, 0) is 23.6 Å². The minimum Gasteiger partial charge on any atom is -0.256 e. The third-order valence-electron chi connectivity index (χ3n) is 6.12. The molecule has 4 heteroatoms. The average Bonchev–Trinajstić information content (AvgIpc) is 3.27. The maximum atomic E-state index is 5.17. The standard InChI is InChI=1S/C29H17N3S/c1-2-9-18(10-3-1)26-28-27(22-14-6-7-15-24(22)33-28)32-29(31-26)23-17-19-11-8-16-30-25(19)21-13-5-4-12-20(21)23/h1-17H. The number of aromatic nitrogens is 3. The van der Waals surface area contributed by atoms with Crippen molar-refractivity contribution in [2.75, 3.05) is 0 Å². The van der Waals surface area contributed by atoms with Crippen molar-refractivity contribution in [3.63, 3.8) is 0 Å². The number of fused-ring (bicyclic) bond motifs is 6. The second-order valence-electron chi connectivity index (χ2n) is 8.08. The first-order chi connectivity index (χ1) is 16.4. The van der Waals surface area contributed by atoms with Gasteiger partial charge in [-0.15, -0.1) is 11.3 Å². The molecule has 0 amide bonds. The van der Waals surface area contributed by atoms with Gasteiger partial charge in [-0.25, -0.2) is 9.97 Å². The van der Waals surface area contributed by atoms with Crippen molar-refractivity contribution in [1.82, 2.24) is 15.0 Å². The van der Waals surface area contributed by atoms with Gasteiger partial charge in [-0.1, -0.05) is 78.9 Å². The molecule has 0 N–H and O–H groups in total. The highest BCUT2D eigenvalue weighted by atomic mass is 32.1. The molecule has 3 aromatic heterocycles. The number of hydrogen-bond acceptors (Lipinski definition) is 4. The molecule has 0 spiro atoms. The Hall–Kier alpha value is -4.15. The molecule has 33 heavy (non-hydrogen) atoms. The van der Waals surface area contributed by atoms with E-state index in [1.165, 1.54) is 10.1 Å². The molecule has 0 unspecified atom stereocenters. The molecule has 0 radical (unpaired) electrons. The normalized spacial score (nSPS) is 11.6. The molecule has 0 aliphatic rings. The molecular formula is C29H17N3S. The molecular weight excluding hydrogens is 422 g/mol. The zero-order valence-corrected chi connectivity index (χ0v) is 18.4. The Morgan fingerprint density at radius 2 is 1.36 bits per heavy atom. The highest BCUT2D eigenvalue weighted by Crippen LogP contribution is 2.40. The molecule has 0 saturated heterocycles. The molecule has 3 heterocycles. The summed E-state index contributed by atoms with van der Waals surface area (Å²) >= 11 is 1.76. The van der Waals surface area contributed by atoms with Crippen LogP contribution in [0.5, 0.6) is 0 Å². The van der Waals surface area contributed by atoms with E-state index in [9.17, 15) is 0 Å². The lowest BCUT2D eigenvalue weighted by Crippen LogP contribution is -1.95. The van der Waals surface area contributed by atoms with Gasteiger partial charge in [0, 0.05) is 38.2 Å². The van der Waals surface area contributed by atoms with Crippen LogP contribution in [0, 0.1) is 0 Å². The Morgan fingerprint density at radius 3 is 2.24 bits per heavy atom. The van der Waals surface area contributed by atoms with Gasteiger partial charge < -0.3 is 0 Å². The summed E-state index contributed by atoms with van der Waals surface area (Å²) in [5, 5.41) is 4.49. The topological polar surface area (TPSA) is 38.7 Å². The highest BCUT2D eigenvalue weighted by Gasteiger charge is 2.18. The summed E-state index contributed by atoms with van der Waals surface area (Å²) in [5.41, 5.74) is 5.12. The van der Waals surface area contributed by atoms with E-state index in [4.69, 9.17) is 9.97 Å². The van der Waals surface area contributed by atoms with Gasteiger partial charge in [0.25, 0.3) is 0 Å². The van der Waals surface area contributed by atoms with Crippen molar-refractivity contribution >= 4 is 53.3 Å². The van der Waals surface area contributed by atoms with Gasteiger partial charge in [-0.3, -0.25) is 4.98 Å². The largest absolute Gasteiger partial charge is 0.256 e. The first-order valence-electron chi connectivity index (χ1n) is 10.9. The summed E-state index contributed by atoms with van der Waals surface area (Å²) in [6, 6.07) is 33.5. The van der Waals surface area contributed by atoms with Gasteiger partial charge in [0.15, 0.2) is 5.82 Å². The van der Waals surface area contributed by atoms with Crippen LogP contribution >= 0.6 is 11.3 Å². The van der Waals surface area contributed by atoms with Crippen LogP contribution in [-0.4, -0.2) is 15.0 Å². The van der Waals surface area contributed by atoms with Crippen LogP contribution in [0.25, 0.3) is 64.6 Å². The Labute approximate surface area is 194 Å². The van der Waals surface area contributed by atoms with E-state index in [0.29, 0.717) is 0 Å². The highest BCUT2D eigenvalue weighted by molar-refractivity contribution is 7.26. The second-order valence-corrected chi connectivity index (χ2v) is 9.13. The summed E-state index contributed by atoms with van der Waals surface area (Å²) in [7, 11) is 0. The predicted octanol–water partition coefficient (Wildman–Crippen LogP) is 7.88. The smallest absolute Gasteiger partial charge is 0.161 e. The zero-order chi connectivity index (χ0) is 21.8. The van der Waals surface area contributed by atoms with Gasteiger partial charge in [0.05, 0.1) is 21.4 Å². The molecule has 4 aromatic carbocycles. The molecule has 0 saturated carbocycles. The molecule has 0 fully saturated rings. The lowest BCUT2D eigenvalue weighted by atomic mass is 9.99. The van der Waals surface area contributed by atoms with Crippen molar-refractivity contribution in [3.05, 3.63) is 103 Å². The van der Waals surface area contributed by atoms with E-state index in [2.05, 4.69) is 89.9 Å². The Kier molecular flexibility index (Phi) is 4.01. The maximum absolute atomic E-state index is 5.17. The van der Waals surface area contributed by atoms with E-state index in [0.717, 1.165) is 54.5 Å². The number of thiophene rings is 1. The molecule has 154 valence electrons. The fourth-order valence-corrected chi connectivity index (χ4v) is 5.76. The fraction of sp³-hybridized carbons (Fsp3) is 0. The fourth-order valence-electron chi connectivity index (χ4n) is 4.61. The van der Waals surface area contributed by atoms with Crippen LogP contribution < -0.4 is 0 Å². The van der Waals surface area contributed by atoms with Crippen LogP contribution in [0.2, 0.25) is 0 Å². The van der Waals surface area contributed by atoms with Crippen LogP contribution in [0.1, 0.15) is 0 Å². The van der Waals surface area contributed by atoms with Crippen LogP contribution in [-0.2, 0) is 0 Å².